The largest absolute Gasteiger partial charge is 0.297 e. The van der Waals surface area contributed by atoms with Crippen molar-refractivity contribution in [2.75, 3.05) is 0 Å². The van der Waals surface area contributed by atoms with Crippen molar-refractivity contribution in [1.82, 2.24) is 14.8 Å². The third kappa shape index (κ3) is 3.97. The number of hydrogen-bond donors (Lipinski definition) is 0. The minimum atomic E-state index is -0.346. The molecule has 4 aromatic rings. The van der Waals surface area contributed by atoms with Crippen LogP contribution >= 0.6 is 23.1 Å². The van der Waals surface area contributed by atoms with Gasteiger partial charge in [-0.15, -0.1) is 21.5 Å². The fourth-order valence-electron chi connectivity index (χ4n) is 2.85. The summed E-state index contributed by atoms with van der Waals surface area (Å²) in [4.78, 5) is 12.0. The highest BCUT2D eigenvalue weighted by Crippen LogP contribution is 2.31. The number of rotatable bonds is 7. The number of nitro benzene ring substituents is 1. The molecule has 0 atom stereocenters. The number of nitrogens with zero attached hydrogens (tertiary/aromatic N) is 4. The maximum absolute atomic E-state index is 11.3. The summed E-state index contributed by atoms with van der Waals surface area (Å²) in [7, 11) is 0. The number of thioether (sulfide) groups is 1. The van der Waals surface area contributed by atoms with Crippen LogP contribution in [0.25, 0.3) is 10.7 Å². The van der Waals surface area contributed by atoms with E-state index in [1.54, 1.807) is 23.5 Å². The zero-order chi connectivity index (χ0) is 19.3. The molecule has 0 spiro atoms. The van der Waals surface area contributed by atoms with E-state index in [2.05, 4.69) is 26.9 Å². The molecule has 0 amide bonds. The van der Waals surface area contributed by atoms with E-state index in [4.69, 9.17) is 0 Å². The smallest absolute Gasteiger partial charge is 0.273 e. The lowest BCUT2D eigenvalue weighted by Crippen LogP contribution is -2.04. The van der Waals surface area contributed by atoms with E-state index in [-0.39, 0.29) is 10.6 Å². The van der Waals surface area contributed by atoms with Gasteiger partial charge in [0.1, 0.15) is 0 Å². The molecule has 8 heteroatoms. The molecule has 0 aliphatic rings. The third-order valence-electron chi connectivity index (χ3n) is 4.19. The molecule has 140 valence electrons. The van der Waals surface area contributed by atoms with Crippen molar-refractivity contribution in [1.29, 1.82) is 0 Å². The van der Waals surface area contributed by atoms with Gasteiger partial charge in [-0.25, -0.2) is 0 Å². The monoisotopic (exact) mass is 408 g/mol. The first-order chi connectivity index (χ1) is 13.7. The summed E-state index contributed by atoms with van der Waals surface area (Å²) in [6, 6.07) is 20.9. The zero-order valence-corrected chi connectivity index (χ0v) is 16.4. The molecule has 0 N–H and O–H groups in total. The molecule has 4 rings (SSSR count). The molecule has 0 bridgehead atoms. The molecule has 2 aromatic carbocycles. The molecule has 0 fully saturated rings. The minimum Gasteiger partial charge on any atom is -0.297 e. The van der Waals surface area contributed by atoms with Crippen molar-refractivity contribution < 1.29 is 4.92 Å². The second kappa shape index (κ2) is 8.37. The first-order valence-electron chi connectivity index (χ1n) is 8.58. The van der Waals surface area contributed by atoms with Crippen molar-refractivity contribution in [3.05, 3.63) is 93.4 Å². The van der Waals surface area contributed by atoms with Gasteiger partial charge in [0, 0.05) is 17.4 Å². The Labute approximate surface area is 170 Å². The van der Waals surface area contributed by atoms with Crippen LogP contribution in [0.15, 0.2) is 77.3 Å². The Kier molecular flexibility index (Phi) is 5.50. The van der Waals surface area contributed by atoms with Crippen LogP contribution in [0.3, 0.4) is 0 Å². The molecule has 0 aliphatic heterocycles. The Bertz CT molecular complexity index is 1080. The molecule has 2 aromatic heterocycles. The van der Waals surface area contributed by atoms with Crippen LogP contribution in [0.5, 0.6) is 0 Å². The van der Waals surface area contributed by atoms with Gasteiger partial charge < -0.3 is 0 Å². The van der Waals surface area contributed by atoms with E-state index in [1.807, 2.05) is 41.8 Å². The van der Waals surface area contributed by atoms with Crippen LogP contribution < -0.4 is 0 Å². The van der Waals surface area contributed by atoms with Crippen molar-refractivity contribution in [2.45, 2.75) is 17.5 Å². The Morgan fingerprint density at radius 3 is 2.54 bits per heavy atom. The fourth-order valence-corrected chi connectivity index (χ4v) is 4.50. The lowest BCUT2D eigenvalue weighted by Gasteiger charge is -2.10. The van der Waals surface area contributed by atoms with E-state index in [0.717, 1.165) is 21.4 Å². The van der Waals surface area contributed by atoms with E-state index in [0.29, 0.717) is 17.9 Å². The Balaban J connectivity index is 1.65. The lowest BCUT2D eigenvalue weighted by atomic mass is 10.2. The first-order valence-corrected chi connectivity index (χ1v) is 10.4. The summed E-state index contributed by atoms with van der Waals surface area (Å²) in [5, 5.41) is 22.8. The maximum atomic E-state index is 11.3. The predicted octanol–water partition coefficient (Wildman–Crippen LogP) is 5.26. The van der Waals surface area contributed by atoms with Crippen molar-refractivity contribution in [2.24, 2.45) is 0 Å². The fraction of sp³-hybridized carbons (Fsp3) is 0.100. The minimum absolute atomic E-state index is 0.127. The normalized spacial score (nSPS) is 10.9. The third-order valence-corrected chi connectivity index (χ3v) is 6.07. The second-order valence-corrected chi connectivity index (χ2v) is 7.92. The van der Waals surface area contributed by atoms with Gasteiger partial charge >= 0.3 is 0 Å². The maximum Gasteiger partial charge on any atom is 0.273 e. The highest BCUT2D eigenvalue weighted by atomic mass is 32.2. The SMILES string of the molecule is O=[N+]([O-])c1ccccc1CSc1nnc(-c2cccs2)n1Cc1ccccc1. The van der Waals surface area contributed by atoms with Crippen LogP contribution in [0.1, 0.15) is 11.1 Å². The summed E-state index contributed by atoms with van der Waals surface area (Å²) in [6.45, 7) is 0.639. The van der Waals surface area contributed by atoms with Crippen molar-refractivity contribution in [3.8, 4) is 10.7 Å². The number of thiophene rings is 1. The molecule has 0 unspecified atom stereocenters. The van der Waals surface area contributed by atoms with E-state index in [9.17, 15) is 10.1 Å². The van der Waals surface area contributed by atoms with Gasteiger partial charge in [-0.05, 0) is 17.0 Å². The number of nitro groups is 1. The highest BCUT2D eigenvalue weighted by molar-refractivity contribution is 7.98. The van der Waals surface area contributed by atoms with Crippen LogP contribution in [0.4, 0.5) is 5.69 Å². The van der Waals surface area contributed by atoms with E-state index in [1.165, 1.54) is 17.8 Å². The number of hydrogen-bond acceptors (Lipinski definition) is 6. The summed E-state index contributed by atoms with van der Waals surface area (Å²) >= 11 is 3.07. The molecule has 2 heterocycles. The molecule has 0 saturated carbocycles. The number of aromatic nitrogens is 3. The Morgan fingerprint density at radius 2 is 1.79 bits per heavy atom. The van der Waals surface area contributed by atoms with Gasteiger partial charge in [0.25, 0.3) is 5.69 Å². The van der Waals surface area contributed by atoms with Crippen LogP contribution in [-0.2, 0) is 12.3 Å². The summed E-state index contributed by atoms with van der Waals surface area (Å²) in [5.41, 5.74) is 1.94. The molecular weight excluding hydrogens is 392 g/mol. The predicted molar refractivity (Wildman–Crippen MR) is 112 cm³/mol. The summed E-state index contributed by atoms with van der Waals surface area (Å²) in [5.74, 6) is 1.26. The number of para-hydroxylation sites is 1. The molecule has 0 aliphatic carbocycles. The molecule has 6 nitrogen and oxygen atoms in total. The molecule has 28 heavy (non-hydrogen) atoms. The van der Waals surface area contributed by atoms with Gasteiger partial charge in [0.05, 0.1) is 16.3 Å². The Morgan fingerprint density at radius 1 is 1.00 bits per heavy atom. The zero-order valence-electron chi connectivity index (χ0n) is 14.8. The summed E-state index contributed by atoms with van der Waals surface area (Å²) < 4.78 is 2.07. The van der Waals surface area contributed by atoms with Gasteiger partial charge in [-0.3, -0.25) is 14.7 Å². The number of benzene rings is 2. The Hall–Kier alpha value is -2.97. The summed E-state index contributed by atoms with van der Waals surface area (Å²) in [6.07, 6.45) is 0. The van der Waals surface area contributed by atoms with Gasteiger partial charge in [-0.2, -0.15) is 0 Å². The molecule has 0 saturated heterocycles. The van der Waals surface area contributed by atoms with Gasteiger partial charge in [0.15, 0.2) is 11.0 Å². The van der Waals surface area contributed by atoms with Crippen LogP contribution in [0, 0.1) is 10.1 Å². The average Bonchev–Trinajstić information content (AvgIpc) is 3.37. The van der Waals surface area contributed by atoms with E-state index >= 15 is 0 Å². The standard InChI is InChI=1S/C20H16N4O2S2/c25-24(26)17-10-5-4-9-16(17)14-28-20-22-21-19(18-11-6-12-27-18)23(20)13-15-7-2-1-3-8-15/h1-12H,13-14H2. The first kappa shape index (κ1) is 18.4. The van der Waals surface area contributed by atoms with Crippen LogP contribution in [0.2, 0.25) is 0 Å². The average molecular weight is 409 g/mol. The van der Waals surface area contributed by atoms with E-state index < -0.39 is 0 Å². The van der Waals surface area contributed by atoms with Crippen molar-refractivity contribution in [3.63, 3.8) is 0 Å². The van der Waals surface area contributed by atoms with Crippen molar-refractivity contribution >= 4 is 28.8 Å². The molecular formula is C20H16N4O2S2. The molecule has 0 radical (unpaired) electrons. The topological polar surface area (TPSA) is 73.8 Å². The van der Waals surface area contributed by atoms with Crippen LogP contribution in [-0.4, -0.2) is 19.7 Å². The van der Waals surface area contributed by atoms with Gasteiger partial charge in [-0.1, -0.05) is 66.4 Å². The lowest BCUT2D eigenvalue weighted by molar-refractivity contribution is -0.385. The second-order valence-electron chi connectivity index (χ2n) is 6.03. The van der Waals surface area contributed by atoms with Gasteiger partial charge in [0.2, 0.25) is 0 Å². The highest BCUT2D eigenvalue weighted by Gasteiger charge is 2.18. The quantitative estimate of drug-likeness (QED) is 0.237.